The lowest BCUT2D eigenvalue weighted by molar-refractivity contribution is 0.631. The first-order valence-electron chi connectivity index (χ1n) is 10.3. The van der Waals surface area contributed by atoms with Crippen LogP contribution < -0.4 is 0 Å². The summed E-state index contributed by atoms with van der Waals surface area (Å²) in [5.74, 6) is 1.71. The number of hydrogen-bond acceptors (Lipinski definition) is 3. The Morgan fingerprint density at radius 1 is 0.387 bits per heavy atom. The Bertz CT molecular complexity index is 1550. The molecular formula is C28H16O3. The first-order chi connectivity index (χ1) is 15.3. The van der Waals surface area contributed by atoms with Crippen molar-refractivity contribution >= 4 is 43.9 Å². The molecule has 7 rings (SSSR count). The van der Waals surface area contributed by atoms with Crippen LogP contribution in [0, 0.1) is 0 Å². The summed E-state index contributed by atoms with van der Waals surface area (Å²) in [5.41, 5.74) is 5.55. The second kappa shape index (κ2) is 6.13. The molecule has 0 saturated carbocycles. The molecule has 0 saturated heterocycles. The fourth-order valence-electron chi connectivity index (χ4n) is 4.33. The molecular weight excluding hydrogens is 384 g/mol. The summed E-state index contributed by atoms with van der Waals surface area (Å²) in [6.45, 7) is 0. The molecule has 3 heteroatoms. The van der Waals surface area contributed by atoms with Gasteiger partial charge in [0.25, 0.3) is 0 Å². The van der Waals surface area contributed by atoms with Crippen LogP contribution in [0.4, 0.5) is 0 Å². The van der Waals surface area contributed by atoms with E-state index in [2.05, 4.69) is 36.4 Å². The maximum Gasteiger partial charge on any atom is 0.135 e. The zero-order chi connectivity index (χ0) is 20.4. The molecule has 0 bridgehead atoms. The first-order valence-corrected chi connectivity index (χ1v) is 10.3. The maximum absolute atomic E-state index is 6.09. The van der Waals surface area contributed by atoms with Gasteiger partial charge in [0.1, 0.15) is 33.9 Å². The maximum atomic E-state index is 6.09. The summed E-state index contributed by atoms with van der Waals surface area (Å²) in [4.78, 5) is 0. The summed E-state index contributed by atoms with van der Waals surface area (Å²) in [6, 6.07) is 32.7. The summed E-state index contributed by atoms with van der Waals surface area (Å²) < 4.78 is 18.2. The summed E-state index contributed by atoms with van der Waals surface area (Å²) in [7, 11) is 0. The number of hydrogen-bond donors (Lipinski definition) is 0. The summed E-state index contributed by atoms with van der Waals surface area (Å²) >= 11 is 0. The normalized spacial score (nSPS) is 11.9. The number of fused-ring (bicyclic) bond motifs is 5. The van der Waals surface area contributed by atoms with Crippen LogP contribution in [0.5, 0.6) is 0 Å². The summed E-state index contributed by atoms with van der Waals surface area (Å²) in [6.07, 6.45) is 0. The minimum Gasteiger partial charge on any atom is -0.456 e. The minimum atomic E-state index is 0.853. The predicted octanol–water partition coefficient (Wildman–Crippen LogP) is 8.41. The summed E-state index contributed by atoms with van der Waals surface area (Å²) in [5, 5.41) is 4.32. The molecule has 0 radical (unpaired) electrons. The lowest BCUT2D eigenvalue weighted by Crippen LogP contribution is -1.75. The quantitative estimate of drug-likeness (QED) is 0.292. The fourth-order valence-corrected chi connectivity index (χ4v) is 4.33. The molecule has 3 aromatic heterocycles. The Morgan fingerprint density at radius 2 is 0.871 bits per heavy atom. The highest BCUT2D eigenvalue weighted by molar-refractivity contribution is 6.07. The number of para-hydroxylation sites is 2. The van der Waals surface area contributed by atoms with E-state index in [1.807, 2.05) is 60.7 Å². The van der Waals surface area contributed by atoms with Gasteiger partial charge in [-0.2, -0.15) is 0 Å². The van der Waals surface area contributed by atoms with Gasteiger partial charge in [0.15, 0.2) is 0 Å². The van der Waals surface area contributed by atoms with Gasteiger partial charge >= 0.3 is 0 Å². The standard InChI is InChI=1S/C28H16O3/c1-3-7-23-17(5-1)15-27(29-23)19-9-11-25-21(13-19)22-14-20(10-12-26(22)31-25)28-16-18-6-2-4-8-24(18)30-28/h1-16H. The van der Waals surface area contributed by atoms with Crippen molar-refractivity contribution in [2.75, 3.05) is 0 Å². The van der Waals surface area contributed by atoms with Crippen LogP contribution in [0.3, 0.4) is 0 Å². The van der Waals surface area contributed by atoms with Crippen molar-refractivity contribution in [3.8, 4) is 22.6 Å². The fraction of sp³-hybridized carbons (Fsp3) is 0. The van der Waals surface area contributed by atoms with E-state index in [1.54, 1.807) is 0 Å². The van der Waals surface area contributed by atoms with Crippen LogP contribution in [0.2, 0.25) is 0 Å². The van der Waals surface area contributed by atoms with E-state index in [0.29, 0.717) is 0 Å². The van der Waals surface area contributed by atoms with E-state index in [0.717, 1.165) is 66.5 Å². The van der Waals surface area contributed by atoms with Gasteiger partial charge in [0.2, 0.25) is 0 Å². The van der Waals surface area contributed by atoms with E-state index in [1.165, 1.54) is 0 Å². The van der Waals surface area contributed by atoms with Gasteiger partial charge in [-0.25, -0.2) is 0 Å². The highest BCUT2D eigenvalue weighted by atomic mass is 16.3. The van der Waals surface area contributed by atoms with Gasteiger partial charge < -0.3 is 13.3 Å². The van der Waals surface area contributed by atoms with Crippen LogP contribution in [0.15, 0.2) is 110 Å². The van der Waals surface area contributed by atoms with Crippen LogP contribution in [0.25, 0.3) is 66.5 Å². The molecule has 0 fully saturated rings. The Balaban J connectivity index is 1.41. The van der Waals surface area contributed by atoms with Crippen molar-refractivity contribution in [3.05, 3.63) is 97.1 Å². The second-order valence-corrected chi connectivity index (χ2v) is 7.82. The van der Waals surface area contributed by atoms with Crippen molar-refractivity contribution in [3.63, 3.8) is 0 Å². The van der Waals surface area contributed by atoms with E-state index in [4.69, 9.17) is 13.3 Å². The Hall–Kier alpha value is -4.24. The van der Waals surface area contributed by atoms with Crippen LogP contribution in [-0.2, 0) is 0 Å². The first kappa shape index (κ1) is 16.5. The molecule has 31 heavy (non-hydrogen) atoms. The Labute approximate surface area is 177 Å². The monoisotopic (exact) mass is 400 g/mol. The lowest BCUT2D eigenvalue weighted by Gasteiger charge is -1.98. The average molecular weight is 400 g/mol. The smallest absolute Gasteiger partial charge is 0.135 e. The van der Waals surface area contributed by atoms with Crippen molar-refractivity contribution in [2.24, 2.45) is 0 Å². The Kier molecular flexibility index (Phi) is 3.27. The molecule has 0 spiro atoms. The van der Waals surface area contributed by atoms with Crippen molar-refractivity contribution < 1.29 is 13.3 Å². The van der Waals surface area contributed by atoms with Crippen molar-refractivity contribution in [2.45, 2.75) is 0 Å². The molecule has 0 N–H and O–H groups in total. The average Bonchev–Trinajstić information content (AvgIpc) is 3.52. The molecule has 0 aliphatic heterocycles. The molecule has 146 valence electrons. The highest BCUT2D eigenvalue weighted by Gasteiger charge is 2.13. The highest BCUT2D eigenvalue weighted by Crippen LogP contribution is 2.37. The predicted molar refractivity (Wildman–Crippen MR) is 124 cm³/mol. The molecule has 0 aliphatic rings. The van der Waals surface area contributed by atoms with Crippen molar-refractivity contribution in [1.29, 1.82) is 0 Å². The topological polar surface area (TPSA) is 39.4 Å². The molecule has 0 atom stereocenters. The van der Waals surface area contributed by atoms with Crippen LogP contribution in [-0.4, -0.2) is 0 Å². The van der Waals surface area contributed by atoms with Crippen LogP contribution >= 0.6 is 0 Å². The third-order valence-corrected chi connectivity index (χ3v) is 5.89. The van der Waals surface area contributed by atoms with E-state index < -0.39 is 0 Å². The molecule has 0 unspecified atom stereocenters. The van der Waals surface area contributed by atoms with Gasteiger partial charge in [-0.3, -0.25) is 0 Å². The molecule has 4 aromatic carbocycles. The van der Waals surface area contributed by atoms with Gasteiger partial charge in [-0.05, 0) is 60.7 Å². The molecule has 7 aromatic rings. The van der Waals surface area contributed by atoms with Crippen molar-refractivity contribution in [1.82, 2.24) is 0 Å². The Morgan fingerprint density at radius 3 is 1.35 bits per heavy atom. The lowest BCUT2D eigenvalue weighted by atomic mass is 10.0. The second-order valence-electron chi connectivity index (χ2n) is 7.82. The van der Waals surface area contributed by atoms with Crippen LogP contribution in [0.1, 0.15) is 0 Å². The van der Waals surface area contributed by atoms with E-state index >= 15 is 0 Å². The molecule has 3 nitrogen and oxygen atoms in total. The van der Waals surface area contributed by atoms with Gasteiger partial charge in [0.05, 0.1) is 0 Å². The number of benzene rings is 4. The third-order valence-electron chi connectivity index (χ3n) is 5.89. The van der Waals surface area contributed by atoms with E-state index in [9.17, 15) is 0 Å². The zero-order valence-corrected chi connectivity index (χ0v) is 16.5. The zero-order valence-electron chi connectivity index (χ0n) is 16.5. The van der Waals surface area contributed by atoms with Gasteiger partial charge in [-0.15, -0.1) is 0 Å². The van der Waals surface area contributed by atoms with Gasteiger partial charge in [0, 0.05) is 32.7 Å². The number of furan rings is 3. The van der Waals surface area contributed by atoms with Gasteiger partial charge in [-0.1, -0.05) is 36.4 Å². The molecule has 0 aliphatic carbocycles. The largest absolute Gasteiger partial charge is 0.456 e. The minimum absolute atomic E-state index is 0.853. The number of rotatable bonds is 2. The third kappa shape index (κ3) is 2.53. The molecule has 0 amide bonds. The van der Waals surface area contributed by atoms with E-state index in [-0.39, 0.29) is 0 Å². The SMILES string of the molecule is c1ccc2oc(-c3ccc4oc5ccc(-c6cc7ccccc7o6)cc5c4c3)cc2c1. The molecule has 3 heterocycles.